The van der Waals surface area contributed by atoms with Crippen molar-refractivity contribution in [2.24, 2.45) is 0 Å². The number of nitrogens with zero attached hydrogens (tertiary/aromatic N) is 3. The summed E-state index contributed by atoms with van der Waals surface area (Å²) in [6.45, 7) is 1.26. The molecule has 1 amide bonds. The second kappa shape index (κ2) is 8.11. The average molecular weight is 454 g/mol. The van der Waals surface area contributed by atoms with Gasteiger partial charge >= 0.3 is 11.8 Å². The number of hydrogen-bond donors (Lipinski definition) is 1. The highest BCUT2D eigenvalue weighted by atomic mass is 32.2. The van der Waals surface area contributed by atoms with Crippen LogP contribution in [0.4, 0.5) is 14.5 Å². The van der Waals surface area contributed by atoms with Gasteiger partial charge in [-0.2, -0.15) is 0 Å². The summed E-state index contributed by atoms with van der Waals surface area (Å²) >= 11 is 0.855. The first-order valence-corrected chi connectivity index (χ1v) is 11.4. The first kappa shape index (κ1) is 20.4. The number of sulfonamides is 1. The van der Waals surface area contributed by atoms with Crippen LogP contribution in [0.5, 0.6) is 0 Å². The fraction of sp³-hybridized carbons (Fsp3) is 0.278. The molecule has 1 aliphatic rings. The fourth-order valence-corrected chi connectivity index (χ4v) is 5.22. The zero-order chi connectivity index (χ0) is 21.3. The van der Waals surface area contributed by atoms with E-state index in [-0.39, 0.29) is 27.6 Å². The van der Waals surface area contributed by atoms with Crippen molar-refractivity contribution < 1.29 is 26.4 Å². The number of piperidine rings is 1. The van der Waals surface area contributed by atoms with Gasteiger partial charge in [-0.05, 0) is 37.5 Å². The highest BCUT2D eigenvalue weighted by molar-refractivity contribution is 7.94. The molecule has 1 fully saturated rings. The van der Waals surface area contributed by atoms with Crippen molar-refractivity contribution in [3.05, 3.63) is 47.2 Å². The summed E-state index contributed by atoms with van der Waals surface area (Å²) in [5, 5.41) is 9.07. The average Bonchev–Trinajstić information content (AvgIpc) is 3.40. The highest BCUT2D eigenvalue weighted by Crippen LogP contribution is 2.30. The van der Waals surface area contributed by atoms with Crippen LogP contribution in [-0.2, 0) is 10.0 Å². The third-order valence-corrected chi connectivity index (χ3v) is 7.32. The Morgan fingerprint density at radius 1 is 1.13 bits per heavy atom. The van der Waals surface area contributed by atoms with Gasteiger partial charge < -0.3 is 9.32 Å². The van der Waals surface area contributed by atoms with Gasteiger partial charge in [-0.3, -0.25) is 9.52 Å². The third-order valence-electron chi connectivity index (χ3n) is 4.51. The number of thiophene rings is 1. The van der Waals surface area contributed by atoms with Gasteiger partial charge in [-0.1, -0.05) is 0 Å². The fourth-order valence-electron chi connectivity index (χ4n) is 3.00. The maximum atomic E-state index is 13.8. The van der Waals surface area contributed by atoms with Crippen LogP contribution in [0.3, 0.4) is 0 Å². The van der Waals surface area contributed by atoms with E-state index in [1.54, 1.807) is 4.90 Å². The second-order valence-corrected chi connectivity index (χ2v) is 9.47. The van der Waals surface area contributed by atoms with E-state index in [2.05, 4.69) is 14.9 Å². The lowest BCUT2D eigenvalue weighted by molar-refractivity contribution is 0.0684. The number of likely N-dealkylation sites (tertiary alicyclic amines) is 1. The summed E-state index contributed by atoms with van der Waals surface area (Å²) in [6, 6.07) is 3.79. The van der Waals surface area contributed by atoms with Gasteiger partial charge in [0.05, 0.1) is 11.3 Å². The molecular weight excluding hydrogens is 438 g/mol. The number of amides is 1. The summed E-state index contributed by atoms with van der Waals surface area (Å²) in [5.41, 5.74) is -0.0660. The maximum Gasteiger partial charge on any atom is 0.311 e. The molecule has 2 aromatic heterocycles. The molecular formula is C18H16F2N4O4S2. The van der Waals surface area contributed by atoms with Crippen LogP contribution < -0.4 is 4.72 Å². The van der Waals surface area contributed by atoms with Crippen molar-refractivity contribution in [2.75, 3.05) is 17.8 Å². The van der Waals surface area contributed by atoms with Crippen LogP contribution in [0.25, 0.3) is 11.5 Å². The third kappa shape index (κ3) is 4.19. The van der Waals surface area contributed by atoms with Crippen molar-refractivity contribution >= 4 is 33.0 Å². The van der Waals surface area contributed by atoms with Crippen LogP contribution in [0, 0.1) is 11.6 Å². The van der Waals surface area contributed by atoms with E-state index < -0.39 is 21.7 Å². The van der Waals surface area contributed by atoms with Crippen LogP contribution in [0.15, 0.2) is 38.3 Å². The topological polar surface area (TPSA) is 105 Å². The van der Waals surface area contributed by atoms with Crippen LogP contribution in [-0.4, -0.2) is 42.5 Å². The van der Waals surface area contributed by atoms with Crippen molar-refractivity contribution in [3.63, 3.8) is 0 Å². The number of carbonyl (C=O) groups excluding carboxylic acids is 1. The number of hydrogen-bond acceptors (Lipinski definition) is 7. The molecule has 0 aliphatic carbocycles. The first-order chi connectivity index (χ1) is 14.3. The zero-order valence-corrected chi connectivity index (χ0v) is 17.1. The summed E-state index contributed by atoms with van der Waals surface area (Å²) in [4.78, 5) is 14.1. The van der Waals surface area contributed by atoms with E-state index in [9.17, 15) is 22.0 Å². The maximum absolute atomic E-state index is 13.8. The Morgan fingerprint density at radius 2 is 1.90 bits per heavy atom. The van der Waals surface area contributed by atoms with Gasteiger partial charge in [0, 0.05) is 24.5 Å². The number of benzene rings is 1. The monoisotopic (exact) mass is 454 g/mol. The number of anilines is 1. The summed E-state index contributed by atoms with van der Waals surface area (Å²) in [6.07, 6.45) is 2.90. The van der Waals surface area contributed by atoms with Crippen molar-refractivity contribution in [2.45, 2.75) is 23.5 Å². The normalized spacial score (nSPS) is 14.7. The summed E-state index contributed by atoms with van der Waals surface area (Å²) in [5.74, 6) is -2.37. The van der Waals surface area contributed by atoms with Gasteiger partial charge in [0.2, 0.25) is 5.89 Å². The molecule has 1 aromatic carbocycles. The molecule has 0 spiro atoms. The Morgan fingerprint density at radius 3 is 2.63 bits per heavy atom. The predicted molar refractivity (Wildman–Crippen MR) is 105 cm³/mol. The molecule has 3 aromatic rings. The number of halogens is 2. The molecule has 4 rings (SSSR count). The molecule has 3 heterocycles. The minimum atomic E-state index is -4.12. The molecule has 0 bridgehead atoms. The zero-order valence-electron chi connectivity index (χ0n) is 15.5. The minimum absolute atomic E-state index is 0.000946. The predicted octanol–water partition coefficient (Wildman–Crippen LogP) is 3.50. The minimum Gasteiger partial charge on any atom is -0.412 e. The molecule has 1 N–H and O–H groups in total. The summed E-state index contributed by atoms with van der Waals surface area (Å²) < 4.78 is 59.2. The van der Waals surface area contributed by atoms with Gasteiger partial charge in [-0.15, -0.1) is 21.5 Å². The van der Waals surface area contributed by atoms with E-state index in [0.29, 0.717) is 24.7 Å². The van der Waals surface area contributed by atoms with Gasteiger partial charge in [0.1, 0.15) is 15.8 Å². The molecule has 12 heteroatoms. The molecule has 1 aliphatic heterocycles. The van der Waals surface area contributed by atoms with Crippen molar-refractivity contribution in [3.8, 4) is 11.5 Å². The molecule has 158 valence electrons. The molecule has 0 unspecified atom stereocenters. The van der Waals surface area contributed by atoms with E-state index in [1.165, 1.54) is 11.4 Å². The van der Waals surface area contributed by atoms with Crippen LogP contribution in [0.2, 0.25) is 0 Å². The standard InChI is InChI=1S/C18H16F2N4O4S2/c19-12-4-5-14(13(20)9-12)23-30(26,27)15-8-11(10-29-15)16-21-22-17(28-16)18(25)24-6-2-1-3-7-24/h4-5,8-10,23H,1-3,6-7H2. The van der Waals surface area contributed by atoms with Crippen molar-refractivity contribution in [1.29, 1.82) is 0 Å². The molecule has 8 nitrogen and oxygen atoms in total. The molecule has 30 heavy (non-hydrogen) atoms. The molecule has 0 atom stereocenters. The van der Waals surface area contributed by atoms with Crippen molar-refractivity contribution in [1.82, 2.24) is 15.1 Å². The van der Waals surface area contributed by atoms with Gasteiger partial charge in [-0.25, -0.2) is 17.2 Å². The first-order valence-electron chi connectivity index (χ1n) is 9.03. The van der Waals surface area contributed by atoms with Gasteiger partial charge in [0.15, 0.2) is 0 Å². The Labute approximate surface area is 174 Å². The number of carbonyl (C=O) groups is 1. The second-order valence-electron chi connectivity index (χ2n) is 6.65. The lowest BCUT2D eigenvalue weighted by Gasteiger charge is -2.24. The van der Waals surface area contributed by atoms with E-state index in [4.69, 9.17) is 4.42 Å². The van der Waals surface area contributed by atoms with Crippen LogP contribution >= 0.6 is 11.3 Å². The lowest BCUT2D eigenvalue weighted by atomic mass is 10.1. The number of nitrogens with one attached hydrogen (secondary N) is 1. The van der Waals surface area contributed by atoms with E-state index in [1.807, 2.05) is 0 Å². The molecule has 1 saturated heterocycles. The summed E-state index contributed by atoms with van der Waals surface area (Å²) in [7, 11) is -4.12. The Balaban J connectivity index is 1.52. The van der Waals surface area contributed by atoms with E-state index >= 15 is 0 Å². The Bertz CT molecular complexity index is 1190. The quantitative estimate of drug-likeness (QED) is 0.633. The lowest BCUT2D eigenvalue weighted by Crippen LogP contribution is -2.35. The Kier molecular flexibility index (Phi) is 5.52. The van der Waals surface area contributed by atoms with Gasteiger partial charge in [0.25, 0.3) is 10.0 Å². The molecule has 0 radical (unpaired) electrons. The Hall–Kier alpha value is -2.86. The molecule has 0 saturated carbocycles. The largest absolute Gasteiger partial charge is 0.412 e. The SMILES string of the molecule is O=C(c1nnc(-c2csc(S(=O)(=O)Nc3ccc(F)cc3F)c2)o1)N1CCCCC1. The van der Waals surface area contributed by atoms with Crippen LogP contribution in [0.1, 0.15) is 29.9 Å². The highest BCUT2D eigenvalue weighted by Gasteiger charge is 2.25. The smallest absolute Gasteiger partial charge is 0.311 e. The number of aromatic nitrogens is 2. The number of rotatable bonds is 5. The van der Waals surface area contributed by atoms with E-state index in [0.717, 1.165) is 42.7 Å².